The summed E-state index contributed by atoms with van der Waals surface area (Å²) in [6.07, 6.45) is -0.289. The van der Waals surface area contributed by atoms with Crippen LogP contribution in [-0.2, 0) is 6.54 Å². The van der Waals surface area contributed by atoms with Crippen molar-refractivity contribution in [3.63, 3.8) is 0 Å². The van der Waals surface area contributed by atoms with Crippen LogP contribution in [0.4, 0.5) is 0 Å². The molecule has 0 aliphatic rings. The zero-order valence-corrected chi connectivity index (χ0v) is 12.8. The summed E-state index contributed by atoms with van der Waals surface area (Å²) in [6.45, 7) is 5.30. The third-order valence-electron chi connectivity index (χ3n) is 2.97. The van der Waals surface area contributed by atoms with E-state index in [0.29, 0.717) is 6.54 Å². The molecule has 102 valence electrons. The summed E-state index contributed by atoms with van der Waals surface area (Å²) in [7, 11) is 0. The van der Waals surface area contributed by atoms with Crippen LogP contribution in [0.15, 0.2) is 39.2 Å². The molecule has 0 bridgehead atoms. The van der Waals surface area contributed by atoms with Crippen LogP contribution in [0, 0.1) is 6.92 Å². The van der Waals surface area contributed by atoms with Gasteiger partial charge in [-0.05, 0) is 49.7 Å². The second-order valence-electron chi connectivity index (χ2n) is 4.80. The third-order valence-corrected chi connectivity index (χ3v) is 3.46. The van der Waals surface area contributed by atoms with E-state index in [0.717, 1.165) is 28.1 Å². The van der Waals surface area contributed by atoms with Crippen molar-refractivity contribution in [2.75, 3.05) is 6.54 Å². The van der Waals surface area contributed by atoms with Crippen LogP contribution in [0.3, 0.4) is 0 Å². The van der Waals surface area contributed by atoms with Gasteiger partial charge in [0, 0.05) is 10.0 Å². The molecule has 0 saturated heterocycles. The number of aliphatic hydroxyl groups is 1. The Kier molecular flexibility index (Phi) is 4.80. The first kappa shape index (κ1) is 14.3. The minimum atomic E-state index is -0.289. The maximum absolute atomic E-state index is 9.21. The predicted octanol–water partition coefficient (Wildman–Crippen LogP) is 2.46. The van der Waals surface area contributed by atoms with Crippen LogP contribution in [0.1, 0.15) is 18.2 Å². The molecule has 1 atom stereocenters. The van der Waals surface area contributed by atoms with Crippen LogP contribution in [0.5, 0.6) is 0 Å². The average Bonchev–Trinajstić information content (AvgIpc) is 2.77. The summed E-state index contributed by atoms with van der Waals surface area (Å²) in [5.41, 5.74) is 2.30. The van der Waals surface area contributed by atoms with Crippen molar-refractivity contribution in [3.05, 3.63) is 46.1 Å². The molecule has 0 radical (unpaired) electrons. The predicted molar refractivity (Wildman–Crippen MR) is 78.8 cm³/mol. The first-order valence-electron chi connectivity index (χ1n) is 6.41. The molecule has 0 spiro atoms. The molecule has 0 unspecified atom stereocenters. The summed E-state index contributed by atoms with van der Waals surface area (Å²) < 4.78 is 6.92. The van der Waals surface area contributed by atoms with Gasteiger partial charge in [0.2, 0.25) is 0 Å². The number of nitrogens with two attached hydrogens (primary N) is 1. The lowest BCUT2D eigenvalue weighted by Gasteiger charge is -2.04. The Morgan fingerprint density at radius 3 is 2.79 bits per heavy atom. The number of rotatable bonds is 5. The van der Waals surface area contributed by atoms with Gasteiger partial charge in [-0.25, -0.2) is 0 Å². The fourth-order valence-electron chi connectivity index (χ4n) is 2.00. The van der Waals surface area contributed by atoms with E-state index < -0.39 is 0 Å². The second-order valence-corrected chi connectivity index (χ2v) is 5.72. The Morgan fingerprint density at radius 2 is 2.11 bits per heavy atom. The van der Waals surface area contributed by atoms with Gasteiger partial charge >= 0.3 is 0 Å². The van der Waals surface area contributed by atoms with E-state index in [1.807, 2.05) is 23.5 Å². The molecule has 0 aliphatic carbocycles. The van der Waals surface area contributed by atoms with Crippen molar-refractivity contribution >= 4 is 15.9 Å². The van der Waals surface area contributed by atoms with Gasteiger partial charge in [0.25, 0.3) is 0 Å². The molecule has 0 fully saturated rings. The number of hydrogen-bond donors (Lipinski definition) is 2. The Balaban J connectivity index is 2.08. The number of halogens is 1. The fourth-order valence-corrected chi connectivity index (χ4v) is 2.48. The normalized spacial score (nSPS) is 12.6. The van der Waals surface area contributed by atoms with E-state index in [9.17, 15) is 5.11 Å². The molecular weight excluding hydrogens is 306 g/mol. The van der Waals surface area contributed by atoms with Crippen LogP contribution in [0.25, 0.3) is 11.3 Å². The van der Waals surface area contributed by atoms with Gasteiger partial charge < -0.3 is 14.8 Å². The summed E-state index contributed by atoms with van der Waals surface area (Å²) in [5.74, 6) is 1.82. The topological polar surface area (TPSA) is 50.0 Å². The zero-order valence-electron chi connectivity index (χ0n) is 11.2. The molecular formula is C15H19BrNO2+. The molecule has 2 aromatic rings. The maximum Gasteiger partial charge on any atom is 0.158 e. The lowest BCUT2D eigenvalue weighted by molar-refractivity contribution is -0.677. The quantitative estimate of drug-likeness (QED) is 0.887. The third kappa shape index (κ3) is 3.93. The molecule has 1 aromatic carbocycles. The molecule has 0 saturated carbocycles. The van der Waals surface area contributed by atoms with Crippen molar-refractivity contribution in [3.8, 4) is 11.3 Å². The highest BCUT2D eigenvalue weighted by atomic mass is 79.9. The van der Waals surface area contributed by atoms with Gasteiger partial charge in [-0.3, -0.25) is 0 Å². The zero-order chi connectivity index (χ0) is 13.8. The van der Waals surface area contributed by atoms with Crippen LogP contribution in [-0.4, -0.2) is 17.8 Å². The van der Waals surface area contributed by atoms with Gasteiger partial charge in [-0.15, -0.1) is 0 Å². The van der Waals surface area contributed by atoms with Gasteiger partial charge in [0.15, 0.2) is 5.76 Å². The molecule has 1 heterocycles. The molecule has 0 aliphatic heterocycles. The first-order valence-corrected chi connectivity index (χ1v) is 7.20. The summed E-state index contributed by atoms with van der Waals surface area (Å²) in [5, 5.41) is 11.3. The van der Waals surface area contributed by atoms with E-state index in [4.69, 9.17) is 4.42 Å². The number of furan rings is 1. The molecule has 4 heteroatoms. The summed E-state index contributed by atoms with van der Waals surface area (Å²) in [6, 6.07) is 10.2. The van der Waals surface area contributed by atoms with Crippen LogP contribution in [0.2, 0.25) is 0 Å². The van der Waals surface area contributed by atoms with Crippen LogP contribution < -0.4 is 5.32 Å². The summed E-state index contributed by atoms with van der Waals surface area (Å²) in [4.78, 5) is 0. The Bertz CT molecular complexity index is 549. The lowest BCUT2D eigenvalue weighted by atomic mass is 10.1. The minimum absolute atomic E-state index is 0.289. The minimum Gasteiger partial charge on any atom is -0.455 e. The molecule has 2 rings (SSSR count). The smallest absolute Gasteiger partial charge is 0.158 e. The number of aliphatic hydroxyl groups excluding tert-OH is 1. The van der Waals surface area contributed by atoms with Crippen molar-refractivity contribution in [2.24, 2.45) is 0 Å². The van der Waals surface area contributed by atoms with E-state index in [2.05, 4.69) is 35.0 Å². The highest BCUT2D eigenvalue weighted by Gasteiger charge is 2.09. The molecule has 3 N–H and O–H groups in total. The van der Waals surface area contributed by atoms with Gasteiger partial charge in [-0.1, -0.05) is 15.9 Å². The first-order chi connectivity index (χ1) is 9.06. The van der Waals surface area contributed by atoms with Gasteiger partial charge in [0.1, 0.15) is 18.8 Å². The maximum atomic E-state index is 9.21. The van der Waals surface area contributed by atoms with Gasteiger partial charge in [-0.2, -0.15) is 0 Å². The van der Waals surface area contributed by atoms with E-state index in [1.165, 1.54) is 5.56 Å². The fraction of sp³-hybridized carbons (Fsp3) is 0.333. The SMILES string of the molecule is Cc1cc(Br)ccc1-c1ccc(C[NH2+]C[C@H](C)O)o1. The van der Waals surface area contributed by atoms with Crippen molar-refractivity contribution in [2.45, 2.75) is 26.5 Å². The number of benzene rings is 1. The van der Waals surface area contributed by atoms with Gasteiger partial charge in [0.05, 0.1) is 6.10 Å². The highest BCUT2D eigenvalue weighted by molar-refractivity contribution is 9.10. The Morgan fingerprint density at radius 1 is 1.32 bits per heavy atom. The Labute approximate surface area is 121 Å². The highest BCUT2D eigenvalue weighted by Crippen LogP contribution is 2.27. The summed E-state index contributed by atoms with van der Waals surface area (Å²) >= 11 is 3.46. The number of aryl methyl sites for hydroxylation is 1. The van der Waals surface area contributed by atoms with E-state index in [-0.39, 0.29) is 6.10 Å². The second kappa shape index (κ2) is 6.37. The molecule has 0 amide bonds. The largest absolute Gasteiger partial charge is 0.455 e. The van der Waals surface area contributed by atoms with Crippen molar-refractivity contribution in [1.29, 1.82) is 0 Å². The van der Waals surface area contributed by atoms with Crippen molar-refractivity contribution < 1.29 is 14.8 Å². The van der Waals surface area contributed by atoms with E-state index in [1.54, 1.807) is 6.92 Å². The molecule has 1 aromatic heterocycles. The van der Waals surface area contributed by atoms with Crippen LogP contribution >= 0.6 is 15.9 Å². The lowest BCUT2D eigenvalue weighted by Crippen LogP contribution is -2.84. The Hall–Kier alpha value is -1.10. The molecule has 3 nitrogen and oxygen atoms in total. The number of quaternary nitrogens is 1. The molecule has 19 heavy (non-hydrogen) atoms. The monoisotopic (exact) mass is 324 g/mol. The van der Waals surface area contributed by atoms with E-state index >= 15 is 0 Å². The average molecular weight is 325 g/mol. The standard InChI is InChI=1S/C15H18BrNO2/c1-10-7-12(16)3-5-14(10)15-6-4-13(19-15)9-17-8-11(2)18/h3-7,11,17-18H,8-9H2,1-2H3/p+1/t11-/m0/s1. The number of hydrogen-bond acceptors (Lipinski definition) is 2. The van der Waals surface area contributed by atoms with Crippen molar-refractivity contribution in [1.82, 2.24) is 0 Å².